The fourth-order valence-corrected chi connectivity index (χ4v) is 1.34. The van der Waals surface area contributed by atoms with Crippen LogP contribution >= 0.6 is 0 Å². The van der Waals surface area contributed by atoms with Gasteiger partial charge in [0.25, 0.3) is 0 Å². The van der Waals surface area contributed by atoms with Crippen LogP contribution in [-0.4, -0.2) is 19.2 Å². The maximum atomic E-state index is 11.1. The molecule has 0 aliphatic rings. The van der Waals surface area contributed by atoms with E-state index in [1.165, 1.54) is 12.7 Å². The van der Waals surface area contributed by atoms with Gasteiger partial charge in [-0.25, -0.2) is 4.79 Å². The van der Waals surface area contributed by atoms with Crippen LogP contribution in [0.3, 0.4) is 0 Å². The van der Waals surface area contributed by atoms with Crippen molar-refractivity contribution in [2.75, 3.05) is 7.11 Å². The van der Waals surface area contributed by atoms with Crippen molar-refractivity contribution >= 4 is 5.97 Å². The van der Waals surface area contributed by atoms with Crippen molar-refractivity contribution in [3.63, 3.8) is 0 Å². The Balaban J connectivity index is 2.76. The van der Waals surface area contributed by atoms with Gasteiger partial charge in [0.2, 0.25) is 0 Å². The first-order valence-corrected chi connectivity index (χ1v) is 4.86. The van der Waals surface area contributed by atoms with Gasteiger partial charge in [-0.05, 0) is 32.4 Å². The summed E-state index contributed by atoms with van der Waals surface area (Å²) >= 11 is 0. The molecule has 0 aliphatic carbocycles. The molecule has 0 aromatic heterocycles. The molecule has 0 amide bonds. The third-order valence-electron chi connectivity index (χ3n) is 2.17. The third-order valence-corrected chi connectivity index (χ3v) is 2.17. The summed E-state index contributed by atoms with van der Waals surface area (Å²) in [6, 6.07) is 5.83. The molecule has 82 valence electrons. The Kier molecular flexibility index (Phi) is 3.72. The Morgan fingerprint density at radius 1 is 1.33 bits per heavy atom. The van der Waals surface area contributed by atoms with E-state index in [2.05, 4.69) is 4.74 Å². The van der Waals surface area contributed by atoms with E-state index in [9.17, 15) is 4.79 Å². The van der Waals surface area contributed by atoms with Gasteiger partial charge < -0.3 is 9.47 Å². The lowest BCUT2D eigenvalue weighted by atomic mass is 10.1. The van der Waals surface area contributed by atoms with Crippen molar-refractivity contribution in [1.29, 1.82) is 0 Å². The van der Waals surface area contributed by atoms with Crippen molar-refractivity contribution in [3.8, 4) is 5.75 Å². The maximum Gasteiger partial charge on any atom is 0.346 e. The molecule has 0 N–H and O–H groups in total. The monoisotopic (exact) mass is 208 g/mol. The Morgan fingerprint density at radius 2 is 2.00 bits per heavy atom. The van der Waals surface area contributed by atoms with E-state index in [1.807, 2.05) is 32.0 Å². The number of carbonyl (C=O) groups excluding carboxylic acids is 1. The average molecular weight is 208 g/mol. The highest BCUT2D eigenvalue weighted by Gasteiger charge is 2.15. The summed E-state index contributed by atoms with van der Waals surface area (Å²) < 4.78 is 10.1. The van der Waals surface area contributed by atoms with Crippen molar-refractivity contribution < 1.29 is 14.3 Å². The fourth-order valence-electron chi connectivity index (χ4n) is 1.34. The van der Waals surface area contributed by atoms with E-state index in [0.29, 0.717) is 0 Å². The molecule has 3 nitrogen and oxygen atoms in total. The van der Waals surface area contributed by atoms with Crippen LogP contribution in [0.2, 0.25) is 0 Å². The van der Waals surface area contributed by atoms with Gasteiger partial charge in [-0.2, -0.15) is 0 Å². The Bertz CT molecular complexity index is 358. The lowest BCUT2D eigenvalue weighted by molar-refractivity contribution is -0.147. The SMILES string of the molecule is COC(=O)[C@H](C)Oc1ccc(C)cc1C. The number of hydrogen-bond acceptors (Lipinski definition) is 3. The molecule has 15 heavy (non-hydrogen) atoms. The summed E-state index contributed by atoms with van der Waals surface area (Å²) in [6.45, 7) is 5.64. The second-order valence-corrected chi connectivity index (χ2v) is 3.55. The van der Waals surface area contributed by atoms with E-state index in [4.69, 9.17) is 4.74 Å². The lowest BCUT2D eigenvalue weighted by Crippen LogP contribution is -2.25. The number of benzene rings is 1. The van der Waals surface area contributed by atoms with Gasteiger partial charge in [-0.1, -0.05) is 17.7 Å². The van der Waals surface area contributed by atoms with E-state index in [0.717, 1.165) is 11.3 Å². The predicted octanol–water partition coefficient (Wildman–Crippen LogP) is 2.24. The maximum absolute atomic E-state index is 11.1. The van der Waals surface area contributed by atoms with E-state index < -0.39 is 6.10 Å². The molecule has 0 saturated carbocycles. The molecule has 0 radical (unpaired) electrons. The van der Waals surface area contributed by atoms with Crippen LogP contribution in [0.15, 0.2) is 18.2 Å². The van der Waals surface area contributed by atoms with Gasteiger partial charge in [-0.15, -0.1) is 0 Å². The van der Waals surface area contributed by atoms with Crippen molar-refractivity contribution in [3.05, 3.63) is 29.3 Å². The van der Waals surface area contributed by atoms with Gasteiger partial charge in [-0.3, -0.25) is 0 Å². The first-order valence-electron chi connectivity index (χ1n) is 4.86. The highest BCUT2D eigenvalue weighted by atomic mass is 16.6. The number of methoxy groups -OCH3 is 1. The number of rotatable bonds is 3. The average Bonchev–Trinajstić information content (AvgIpc) is 2.20. The molecule has 0 bridgehead atoms. The van der Waals surface area contributed by atoms with Gasteiger partial charge in [0.1, 0.15) is 5.75 Å². The summed E-state index contributed by atoms with van der Waals surface area (Å²) in [5.74, 6) is 0.355. The predicted molar refractivity (Wildman–Crippen MR) is 58.0 cm³/mol. The number of carbonyl (C=O) groups is 1. The van der Waals surface area contributed by atoms with Crippen LogP contribution in [0, 0.1) is 13.8 Å². The van der Waals surface area contributed by atoms with Gasteiger partial charge in [0, 0.05) is 0 Å². The first kappa shape index (κ1) is 11.6. The highest BCUT2D eigenvalue weighted by molar-refractivity contribution is 5.74. The summed E-state index contributed by atoms with van der Waals surface area (Å²) in [4.78, 5) is 11.1. The molecule has 1 atom stereocenters. The zero-order valence-electron chi connectivity index (χ0n) is 9.53. The summed E-state index contributed by atoms with van der Waals surface area (Å²) in [5.41, 5.74) is 2.19. The van der Waals surface area contributed by atoms with Gasteiger partial charge >= 0.3 is 5.97 Å². The van der Waals surface area contributed by atoms with Crippen LogP contribution in [-0.2, 0) is 9.53 Å². The summed E-state index contributed by atoms with van der Waals surface area (Å²) in [5, 5.41) is 0. The normalized spacial score (nSPS) is 12.0. The van der Waals surface area contributed by atoms with Gasteiger partial charge in [0.05, 0.1) is 7.11 Å². The minimum atomic E-state index is -0.573. The third kappa shape index (κ3) is 2.98. The molecule has 0 aliphatic heterocycles. The van der Waals surface area contributed by atoms with E-state index in [1.54, 1.807) is 6.92 Å². The largest absolute Gasteiger partial charge is 0.479 e. The minimum absolute atomic E-state index is 0.366. The van der Waals surface area contributed by atoms with Crippen LogP contribution < -0.4 is 4.74 Å². The van der Waals surface area contributed by atoms with Crippen molar-refractivity contribution in [2.24, 2.45) is 0 Å². The Hall–Kier alpha value is -1.51. The molecule has 0 saturated heterocycles. The molecule has 0 unspecified atom stereocenters. The quantitative estimate of drug-likeness (QED) is 0.715. The van der Waals surface area contributed by atoms with Crippen LogP contribution in [0.4, 0.5) is 0 Å². The standard InChI is InChI=1S/C12H16O3/c1-8-5-6-11(9(2)7-8)15-10(3)12(13)14-4/h5-7,10H,1-4H3/t10-/m0/s1. The number of hydrogen-bond donors (Lipinski definition) is 0. The zero-order valence-corrected chi connectivity index (χ0v) is 9.53. The minimum Gasteiger partial charge on any atom is -0.479 e. The van der Waals surface area contributed by atoms with E-state index >= 15 is 0 Å². The summed E-state index contributed by atoms with van der Waals surface area (Å²) in [6.07, 6.45) is -0.573. The number of aryl methyl sites for hydroxylation is 2. The molecular formula is C12H16O3. The molecule has 1 aromatic rings. The first-order chi connectivity index (χ1) is 7.04. The second-order valence-electron chi connectivity index (χ2n) is 3.55. The smallest absolute Gasteiger partial charge is 0.346 e. The molecule has 0 fully saturated rings. The van der Waals surface area contributed by atoms with E-state index in [-0.39, 0.29) is 5.97 Å². The Morgan fingerprint density at radius 3 is 2.53 bits per heavy atom. The molecule has 0 heterocycles. The molecular weight excluding hydrogens is 192 g/mol. The number of ether oxygens (including phenoxy) is 2. The second kappa shape index (κ2) is 4.82. The highest BCUT2D eigenvalue weighted by Crippen LogP contribution is 2.20. The molecule has 1 aromatic carbocycles. The van der Waals surface area contributed by atoms with Crippen LogP contribution in [0.1, 0.15) is 18.1 Å². The molecule has 1 rings (SSSR count). The van der Waals surface area contributed by atoms with Crippen LogP contribution in [0.5, 0.6) is 5.75 Å². The molecule has 3 heteroatoms. The summed E-state index contributed by atoms with van der Waals surface area (Å²) in [7, 11) is 1.35. The fraction of sp³-hybridized carbons (Fsp3) is 0.417. The lowest BCUT2D eigenvalue weighted by Gasteiger charge is -2.14. The Labute approximate surface area is 90.0 Å². The number of esters is 1. The topological polar surface area (TPSA) is 35.5 Å². The van der Waals surface area contributed by atoms with Crippen molar-refractivity contribution in [1.82, 2.24) is 0 Å². The molecule has 0 spiro atoms. The van der Waals surface area contributed by atoms with Crippen LogP contribution in [0.25, 0.3) is 0 Å². The zero-order chi connectivity index (χ0) is 11.4. The van der Waals surface area contributed by atoms with Gasteiger partial charge in [0.15, 0.2) is 6.10 Å². The van der Waals surface area contributed by atoms with Crippen molar-refractivity contribution in [2.45, 2.75) is 26.9 Å².